The molecule has 0 aliphatic rings. The van der Waals surface area contributed by atoms with Gasteiger partial charge in [-0.3, -0.25) is 4.79 Å². The van der Waals surface area contributed by atoms with E-state index < -0.39 is 11.6 Å². The lowest BCUT2D eigenvalue weighted by molar-refractivity contribution is -0.153. The number of hydrogen-bond acceptors (Lipinski definition) is 5. The number of benzene rings is 1. The van der Waals surface area contributed by atoms with Gasteiger partial charge in [0.2, 0.25) is 0 Å². The van der Waals surface area contributed by atoms with Crippen molar-refractivity contribution in [2.24, 2.45) is 0 Å². The van der Waals surface area contributed by atoms with Crippen molar-refractivity contribution in [3.8, 4) is 0 Å². The third kappa shape index (κ3) is 5.25. The van der Waals surface area contributed by atoms with E-state index in [1.807, 2.05) is 26.8 Å². The van der Waals surface area contributed by atoms with Crippen molar-refractivity contribution < 1.29 is 19.4 Å². The summed E-state index contributed by atoms with van der Waals surface area (Å²) in [6.45, 7) is 9.46. The fraction of sp³-hybridized carbons (Fsp3) is 0.529. The molecule has 0 atom stereocenters. The predicted molar refractivity (Wildman–Crippen MR) is 90.0 cm³/mol. The Labute approximate surface area is 137 Å². The molecule has 0 unspecified atom stereocenters. The van der Waals surface area contributed by atoms with Crippen LogP contribution in [0.3, 0.4) is 0 Å². The highest BCUT2D eigenvalue weighted by Gasteiger charge is 2.18. The van der Waals surface area contributed by atoms with Crippen LogP contribution in [0.4, 0.5) is 5.69 Å². The highest BCUT2D eigenvalue weighted by molar-refractivity contribution is 5.93. The molecule has 0 aliphatic carbocycles. The molecule has 0 aromatic heterocycles. The fourth-order valence-electron chi connectivity index (χ4n) is 2.41. The summed E-state index contributed by atoms with van der Waals surface area (Å²) in [5.74, 6) is -1.29. The third-order valence-corrected chi connectivity index (χ3v) is 3.44. The van der Waals surface area contributed by atoms with Gasteiger partial charge in [-0.25, -0.2) is 4.79 Å². The minimum Gasteiger partial charge on any atom is -0.478 e. The number of aromatic carboxylic acids is 1. The average Bonchev–Trinajstić information content (AvgIpc) is 2.39. The van der Waals surface area contributed by atoms with Crippen molar-refractivity contribution in [2.75, 3.05) is 18.9 Å². The normalized spacial score (nSPS) is 11.2. The van der Waals surface area contributed by atoms with Gasteiger partial charge >= 0.3 is 11.9 Å². The van der Waals surface area contributed by atoms with Gasteiger partial charge in [0.05, 0.1) is 12.1 Å². The summed E-state index contributed by atoms with van der Waals surface area (Å²) in [6.07, 6.45) is 0. The second-order valence-electron chi connectivity index (χ2n) is 6.45. The van der Waals surface area contributed by atoms with Crippen LogP contribution >= 0.6 is 0 Å². The van der Waals surface area contributed by atoms with E-state index >= 15 is 0 Å². The first-order valence-electron chi connectivity index (χ1n) is 7.53. The molecule has 1 rings (SSSR count). The van der Waals surface area contributed by atoms with Gasteiger partial charge in [-0.15, -0.1) is 0 Å². The van der Waals surface area contributed by atoms with Crippen LogP contribution in [0, 0.1) is 13.8 Å². The summed E-state index contributed by atoms with van der Waals surface area (Å²) < 4.78 is 5.22. The molecule has 0 saturated heterocycles. The topological polar surface area (TPSA) is 87.7 Å². The second kappa shape index (κ2) is 7.46. The van der Waals surface area contributed by atoms with E-state index in [1.165, 1.54) is 0 Å². The van der Waals surface area contributed by atoms with E-state index in [9.17, 15) is 14.7 Å². The van der Waals surface area contributed by atoms with Crippen LogP contribution in [0.15, 0.2) is 6.07 Å². The van der Waals surface area contributed by atoms with Crippen molar-refractivity contribution in [1.82, 2.24) is 5.32 Å². The molecule has 23 heavy (non-hydrogen) atoms. The Hall–Kier alpha value is -2.08. The molecule has 0 radical (unpaired) electrons. The summed E-state index contributed by atoms with van der Waals surface area (Å²) in [5.41, 5.74) is 2.78. The number of anilines is 1. The van der Waals surface area contributed by atoms with Crippen molar-refractivity contribution in [1.29, 1.82) is 0 Å². The summed E-state index contributed by atoms with van der Waals surface area (Å²) >= 11 is 0. The summed E-state index contributed by atoms with van der Waals surface area (Å²) in [5, 5.41) is 15.4. The molecule has 0 fully saturated rings. The van der Waals surface area contributed by atoms with Gasteiger partial charge in [0.15, 0.2) is 0 Å². The number of nitrogens with one attached hydrogen (secondary N) is 2. The average molecular weight is 322 g/mol. The summed E-state index contributed by atoms with van der Waals surface area (Å²) in [4.78, 5) is 23.2. The van der Waals surface area contributed by atoms with Crippen LogP contribution in [0.2, 0.25) is 0 Å². The molecule has 0 aliphatic heterocycles. The Bertz CT molecular complexity index is 604. The van der Waals surface area contributed by atoms with Crippen molar-refractivity contribution >= 4 is 17.6 Å². The molecule has 0 saturated carbocycles. The molecule has 6 nitrogen and oxygen atoms in total. The smallest absolute Gasteiger partial charge is 0.336 e. The van der Waals surface area contributed by atoms with Gasteiger partial charge < -0.3 is 20.5 Å². The first-order valence-corrected chi connectivity index (χ1v) is 7.53. The molecule has 0 spiro atoms. The Balaban J connectivity index is 2.87. The zero-order chi connectivity index (χ0) is 17.8. The van der Waals surface area contributed by atoms with Crippen molar-refractivity contribution in [2.45, 2.75) is 46.8 Å². The molecular weight excluding hydrogens is 296 g/mol. The van der Waals surface area contributed by atoms with Crippen LogP contribution in [0.5, 0.6) is 0 Å². The highest BCUT2D eigenvalue weighted by atomic mass is 16.6. The van der Waals surface area contributed by atoms with Crippen LogP contribution in [-0.4, -0.2) is 36.2 Å². The number of carbonyl (C=O) groups excluding carboxylic acids is 1. The van der Waals surface area contributed by atoms with Gasteiger partial charge in [-0.2, -0.15) is 0 Å². The molecule has 0 amide bonds. The van der Waals surface area contributed by atoms with Gasteiger partial charge in [0.25, 0.3) is 0 Å². The molecule has 3 N–H and O–H groups in total. The maximum atomic E-state index is 11.7. The Morgan fingerprint density at radius 3 is 2.30 bits per heavy atom. The molecule has 6 heteroatoms. The van der Waals surface area contributed by atoms with Gasteiger partial charge in [-0.1, -0.05) is 0 Å². The SMILES string of the molecule is CNc1cc(CNCC(=O)OC(C)(C)C)c(C)c(C(=O)O)c1C. The number of rotatable bonds is 6. The molecule has 1 aromatic rings. The highest BCUT2D eigenvalue weighted by Crippen LogP contribution is 2.26. The van der Waals surface area contributed by atoms with E-state index in [4.69, 9.17) is 4.74 Å². The van der Waals surface area contributed by atoms with E-state index in [2.05, 4.69) is 10.6 Å². The Kier molecular flexibility index (Phi) is 6.15. The number of carboxylic acid groups (broad SMARTS) is 1. The Morgan fingerprint density at radius 1 is 1.22 bits per heavy atom. The van der Waals surface area contributed by atoms with Crippen molar-refractivity contribution in [3.05, 3.63) is 28.3 Å². The quantitative estimate of drug-likeness (QED) is 0.697. The minimum atomic E-state index is -0.953. The maximum Gasteiger partial charge on any atom is 0.336 e. The van der Waals surface area contributed by atoms with Gasteiger partial charge in [0, 0.05) is 19.3 Å². The lowest BCUT2D eigenvalue weighted by Gasteiger charge is -2.20. The molecular formula is C17H26N2O4. The number of carbonyl (C=O) groups is 2. The molecule has 0 bridgehead atoms. The van der Waals surface area contributed by atoms with E-state index in [0.717, 1.165) is 11.3 Å². The molecule has 128 valence electrons. The largest absolute Gasteiger partial charge is 0.478 e. The standard InChI is InChI=1S/C17H26N2O4/c1-10-12(8-19-9-14(20)23-17(3,4)5)7-13(18-6)11(2)15(10)16(21)22/h7,18-19H,8-9H2,1-6H3,(H,21,22). The summed E-state index contributed by atoms with van der Waals surface area (Å²) in [6, 6.07) is 1.90. The van der Waals surface area contributed by atoms with Crippen LogP contribution < -0.4 is 10.6 Å². The van der Waals surface area contributed by atoms with Crippen molar-refractivity contribution in [3.63, 3.8) is 0 Å². The third-order valence-electron chi connectivity index (χ3n) is 3.44. The first kappa shape index (κ1) is 19.0. The zero-order valence-electron chi connectivity index (χ0n) is 14.7. The maximum absolute atomic E-state index is 11.7. The van der Waals surface area contributed by atoms with Gasteiger partial charge in [0.1, 0.15) is 5.60 Å². The molecule has 0 heterocycles. The number of carboxylic acids is 1. The van der Waals surface area contributed by atoms with Crippen LogP contribution in [-0.2, 0) is 16.1 Å². The van der Waals surface area contributed by atoms with Gasteiger partial charge in [-0.05, 0) is 57.4 Å². The van der Waals surface area contributed by atoms with Crippen LogP contribution in [0.25, 0.3) is 0 Å². The van der Waals surface area contributed by atoms with E-state index in [0.29, 0.717) is 23.2 Å². The molecule has 1 aromatic carbocycles. The minimum absolute atomic E-state index is 0.0713. The van der Waals surface area contributed by atoms with Crippen LogP contribution in [0.1, 0.15) is 47.8 Å². The Morgan fingerprint density at radius 2 is 1.83 bits per heavy atom. The lowest BCUT2D eigenvalue weighted by atomic mass is 9.95. The first-order chi connectivity index (χ1) is 10.6. The number of esters is 1. The fourth-order valence-corrected chi connectivity index (χ4v) is 2.41. The monoisotopic (exact) mass is 322 g/mol. The summed E-state index contributed by atoms with van der Waals surface area (Å²) in [7, 11) is 1.75. The van der Waals surface area contributed by atoms with E-state index in [-0.39, 0.29) is 12.5 Å². The van der Waals surface area contributed by atoms with E-state index in [1.54, 1.807) is 20.9 Å². The lowest BCUT2D eigenvalue weighted by Crippen LogP contribution is -2.31. The zero-order valence-corrected chi connectivity index (χ0v) is 14.7. The second-order valence-corrected chi connectivity index (χ2v) is 6.45. The predicted octanol–water partition coefficient (Wildman–Crippen LogP) is 2.47. The number of hydrogen-bond donors (Lipinski definition) is 3. The number of ether oxygens (including phenoxy) is 1.